The number of nitrogens with zero attached hydrogens (tertiary/aromatic N) is 2. The van der Waals surface area contributed by atoms with E-state index in [4.69, 9.17) is 0 Å². The van der Waals surface area contributed by atoms with Crippen molar-refractivity contribution in [3.8, 4) is 0 Å². The van der Waals surface area contributed by atoms with E-state index in [-0.39, 0.29) is 0 Å². The summed E-state index contributed by atoms with van der Waals surface area (Å²) >= 11 is 1.90. The molecule has 0 radical (unpaired) electrons. The highest BCUT2D eigenvalue weighted by Gasteiger charge is 2.08. The van der Waals surface area contributed by atoms with Gasteiger partial charge in [-0.1, -0.05) is 6.92 Å². The van der Waals surface area contributed by atoms with Crippen LogP contribution in [0.4, 0.5) is 11.6 Å². The van der Waals surface area contributed by atoms with Crippen LogP contribution in [0.3, 0.4) is 0 Å². The SMILES string of the molecule is CCc1nc(NC)c(C)c(NCCCCSC)n1. The van der Waals surface area contributed by atoms with Crippen LogP contribution in [0, 0.1) is 6.92 Å². The highest BCUT2D eigenvalue weighted by atomic mass is 32.2. The summed E-state index contributed by atoms with van der Waals surface area (Å²) in [6, 6.07) is 0. The fraction of sp³-hybridized carbons (Fsp3) is 0.692. The van der Waals surface area contributed by atoms with Crippen molar-refractivity contribution in [3.05, 3.63) is 11.4 Å². The van der Waals surface area contributed by atoms with Crippen molar-refractivity contribution in [3.63, 3.8) is 0 Å². The van der Waals surface area contributed by atoms with E-state index >= 15 is 0 Å². The van der Waals surface area contributed by atoms with Gasteiger partial charge >= 0.3 is 0 Å². The number of nitrogens with one attached hydrogen (secondary N) is 2. The number of hydrogen-bond donors (Lipinski definition) is 2. The van der Waals surface area contributed by atoms with Crippen molar-refractivity contribution in [2.24, 2.45) is 0 Å². The Kier molecular flexibility index (Phi) is 6.86. The van der Waals surface area contributed by atoms with Gasteiger partial charge in [0.1, 0.15) is 17.5 Å². The van der Waals surface area contributed by atoms with Gasteiger partial charge in [0, 0.05) is 25.6 Å². The minimum atomic E-state index is 0.857. The van der Waals surface area contributed by atoms with Crippen molar-refractivity contribution in [2.45, 2.75) is 33.1 Å². The van der Waals surface area contributed by atoms with Crippen molar-refractivity contribution in [2.75, 3.05) is 36.2 Å². The van der Waals surface area contributed by atoms with E-state index in [1.165, 1.54) is 18.6 Å². The van der Waals surface area contributed by atoms with Crippen LogP contribution in [-0.2, 0) is 6.42 Å². The molecule has 1 heterocycles. The van der Waals surface area contributed by atoms with Crippen molar-refractivity contribution in [1.29, 1.82) is 0 Å². The van der Waals surface area contributed by atoms with Gasteiger partial charge in [-0.25, -0.2) is 9.97 Å². The highest BCUT2D eigenvalue weighted by molar-refractivity contribution is 7.98. The molecule has 0 aliphatic carbocycles. The summed E-state index contributed by atoms with van der Waals surface area (Å²) in [5.74, 6) is 4.01. The van der Waals surface area contributed by atoms with Gasteiger partial charge in [-0.15, -0.1) is 0 Å². The van der Waals surface area contributed by atoms with Gasteiger partial charge in [0.2, 0.25) is 0 Å². The maximum Gasteiger partial charge on any atom is 0.134 e. The molecular formula is C13H24N4S. The first-order valence-corrected chi connectivity index (χ1v) is 7.90. The molecule has 0 spiro atoms. The third-order valence-electron chi connectivity index (χ3n) is 2.81. The summed E-state index contributed by atoms with van der Waals surface area (Å²) in [5.41, 5.74) is 1.10. The first-order chi connectivity index (χ1) is 8.72. The lowest BCUT2D eigenvalue weighted by atomic mass is 10.2. The lowest BCUT2D eigenvalue weighted by molar-refractivity contribution is 0.833. The molecule has 102 valence electrons. The van der Waals surface area contributed by atoms with Crippen LogP contribution in [-0.4, -0.2) is 35.6 Å². The minimum absolute atomic E-state index is 0.857. The summed E-state index contributed by atoms with van der Waals surface area (Å²) in [7, 11) is 1.90. The van der Waals surface area contributed by atoms with E-state index < -0.39 is 0 Å². The molecule has 1 rings (SSSR count). The molecule has 0 atom stereocenters. The van der Waals surface area contributed by atoms with E-state index in [1.807, 2.05) is 18.8 Å². The molecule has 0 aliphatic heterocycles. The topological polar surface area (TPSA) is 49.8 Å². The molecule has 1 aromatic rings. The van der Waals surface area contributed by atoms with Crippen molar-refractivity contribution in [1.82, 2.24) is 9.97 Å². The van der Waals surface area contributed by atoms with Gasteiger partial charge in [-0.2, -0.15) is 11.8 Å². The third-order valence-corrected chi connectivity index (χ3v) is 3.51. The van der Waals surface area contributed by atoms with Gasteiger partial charge in [-0.3, -0.25) is 0 Å². The number of aryl methyl sites for hydroxylation is 1. The molecule has 0 aliphatic rings. The van der Waals surface area contributed by atoms with Crippen LogP contribution in [0.25, 0.3) is 0 Å². The van der Waals surface area contributed by atoms with Crippen LogP contribution in [0.2, 0.25) is 0 Å². The summed E-state index contributed by atoms with van der Waals surface area (Å²) in [5, 5.41) is 6.55. The van der Waals surface area contributed by atoms with Gasteiger partial charge in [0.15, 0.2) is 0 Å². The minimum Gasteiger partial charge on any atom is -0.373 e. The lowest BCUT2D eigenvalue weighted by Crippen LogP contribution is -2.10. The second-order valence-corrected chi connectivity index (χ2v) is 5.18. The van der Waals surface area contributed by atoms with E-state index in [9.17, 15) is 0 Å². The Morgan fingerprint density at radius 1 is 1.17 bits per heavy atom. The number of aromatic nitrogens is 2. The average molecular weight is 268 g/mol. The standard InChI is InChI=1S/C13H24N4S/c1-5-11-16-12(14-3)10(2)13(17-11)15-8-6-7-9-18-4/h5-9H2,1-4H3,(H2,14,15,16,17). The monoisotopic (exact) mass is 268 g/mol. The Bertz CT molecular complexity index is 368. The molecule has 1 aromatic heterocycles. The maximum atomic E-state index is 4.55. The van der Waals surface area contributed by atoms with Crippen LogP contribution < -0.4 is 10.6 Å². The van der Waals surface area contributed by atoms with Crippen LogP contribution >= 0.6 is 11.8 Å². The molecule has 5 heteroatoms. The largest absolute Gasteiger partial charge is 0.373 e. The van der Waals surface area contributed by atoms with Crippen LogP contribution in [0.1, 0.15) is 31.2 Å². The third kappa shape index (κ3) is 4.37. The second kappa shape index (κ2) is 8.19. The number of thioether (sulfide) groups is 1. The number of unbranched alkanes of at least 4 members (excludes halogenated alkanes) is 1. The van der Waals surface area contributed by atoms with E-state index in [1.54, 1.807) is 0 Å². The van der Waals surface area contributed by atoms with Crippen LogP contribution in [0.15, 0.2) is 0 Å². The molecule has 4 nitrogen and oxygen atoms in total. The van der Waals surface area contributed by atoms with E-state index in [0.717, 1.165) is 36.0 Å². The Labute approximate surface area is 114 Å². The molecule has 0 aromatic carbocycles. The fourth-order valence-corrected chi connectivity index (χ4v) is 2.21. The highest BCUT2D eigenvalue weighted by Crippen LogP contribution is 2.19. The average Bonchev–Trinajstić information content (AvgIpc) is 2.40. The molecule has 0 saturated carbocycles. The Balaban J connectivity index is 2.63. The van der Waals surface area contributed by atoms with Gasteiger partial charge in [0.05, 0.1) is 0 Å². The smallest absolute Gasteiger partial charge is 0.134 e. The molecule has 2 N–H and O–H groups in total. The predicted octanol–water partition coefficient (Wildman–Crippen LogP) is 2.94. The quantitative estimate of drug-likeness (QED) is 0.710. The molecule has 0 amide bonds. The number of anilines is 2. The van der Waals surface area contributed by atoms with E-state index in [0.29, 0.717) is 0 Å². The normalized spacial score (nSPS) is 10.4. The van der Waals surface area contributed by atoms with Crippen molar-refractivity contribution >= 4 is 23.4 Å². The summed E-state index contributed by atoms with van der Waals surface area (Å²) < 4.78 is 0. The van der Waals surface area contributed by atoms with E-state index in [2.05, 4.69) is 40.7 Å². The molecular weight excluding hydrogens is 244 g/mol. The Morgan fingerprint density at radius 3 is 2.50 bits per heavy atom. The number of rotatable bonds is 8. The summed E-state index contributed by atoms with van der Waals surface area (Å²) in [6.45, 7) is 5.10. The van der Waals surface area contributed by atoms with Gasteiger partial charge < -0.3 is 10.6 Å². The Hall–Kier alpha value is -0.970. The molecule has 0 fully saturated rings. The van der Waals surface area contributed by atoms with Gasteiger partial charge in [0.25, 0.3) is 0 Å². The summed E-state index contributed by atoms with van der Waals surface area (Å²) in [6.07, 6.45) is 5.43. The number of hydrogen-bond acceptors (Lipinski definition) is 5. The first kappa shape index (κ1) is 15.1. The fourth-order valence-electron chi connectivity index (χ4n) is 1.71. The maximum absolute atomic E-state index is 4.55. The predicted molar refractivity (Wildman–Crippen MR) is 81.8 cm³/mol. The second-order valence-electron chi connectivity index (χ2n) is 4.19. The van der Waals surface area contributed by atoms with Gasteiger partial charge in [-0.05, 0) is 31.8 Å². The van der Waals surface area contributed by atoms with Crippen molar-refractivity contribution < 1.29 is 0 Å². The summed E-state index contributed by atoms with van der Waals surface area (Å²) in [4.78, 5) is 9.01. The lowest BCUT2D eigenvalue weighted by Gasteiger charge is -2.13. The molecule has 0 bridgehead atoms. The molecule has 18 heavy (non-hydrogen) atoms. The zero-order valence-corrected chi connectivity index (χ0v) is 12.7. The molecule has 0 unspecified atom stereocenters. The first-order valence-electron chi connectivity index (χ1n) is 6.51. The Morgan fingerprint density at radius 2 is 1.89 bits per heavy atom. The van der Waals surface area contributed by atoms with Crippen LogP contribution in [0.5, 0.6) is 0 Å². The zero-order valence-electron chi connectivity index (χ0n) is 11.8. The molecule has 0 saturated heterocycles. The zero-order chi connectivity index (χ0) is 13.4.